The van der Waals surface area contributed by atoms with Crippen LogP contribution in [0.3, 0.4) is 0 Å². The molecule has 2 aliphatic rings. The molecule has 0 aliphatic carbocycles. The third-order valence-electron chi connectivity index (χ3n) is 6.05. The number of likely N-dealkylation sites (tertiary alicyclic amines) is 1. The number of carbonyl (C=O) groups excluding carboxylic acids is 1. The summed E-state index contributed by atoms with van der Waals surface area (Å²) < 4.78 is 61.5. The summed E-state index contributed by atoms with van der Waals surface area (Å²) in [5, 5.41) is 10.9. The molecule has 0 saturated carbocycles. The number of piperazine rings is 1. The summed E-state index contributed by atoms with van der Waals surface area (Å²) in [4.78, 5) is 23.6. The predicted octanol–water partition coefficient (Wildman–Crippen LogP) is 3.40. The summed E-state index contributed by atoms with van der Waals surface area (Å²) in [7, 11) is -4.40. The van der Waals surface area contributed by atoms with E-state index in [9.17, 15) is 32.1 Å². The van der Waals surface area contributed by atoms with Crippen molar-refractivity contribution in [3.63, 3.8) is 0 Å². The molecule has 2 saturated heterocycles. The fourth-order valence-electron chi connectivity index (χ4n) is 4.48. The second-order valence-electron chi connectivity index (χ2n) is 8.07. The number of amides is 1. The first kappa shape index (κ1) is 23.1. The van der Waals surface area contributed by atoms with Crippen LogP contribution in [0.1, 0.15) is 18.4 Å². The molecule has 2 unspecified atom stereocenters. The van der Waals surface area contributed by atoms with E-state index in [1.165, 1.54) is 0 Å². The Morgan fingerprint density at radius 1 is 1.18 bits per heavy atom. The summed E-state index contributed by atoms with van der Waals surface area (Å²) >= 11 is 0. The molecule has 0 N–H and O–H groups in total. The lowest BCUT2D eigenvalue weighted by atomic mass is 9.97. The maximum atomic E-state index is 14.4. The smallest absolute Gasteiger partial charge is 0.410 e. The highest BCUT2D eigenvalue weighted by Gasteiger charge is 2.62. The average molecular weight is 481 g/mol. The Balaban J connectivity index is 1.57. The van der Waals surface area contributed by atoms with Crippen LogP contribution in [-0.2, 0) is 21.4 Å². The second-order valence-corrected chi connectivity index (χ2v) is 9.88. The monoisotopic (exact) mass is 481 g/mol. The summed E-state index contributed by atoms with van der Waals surface area (Å²) in [6, 6.07) is 12.1. The van der Waals surface area contributed by atoms with Crippen LogP contribution in [-0.4, -0.2) is 59.7 Å². The number of hydrogen-bond acceptors (Lipinski definition) is 6. The number of rotatable bonds is 6. The van der Waals surface area contributed by atoms with Gasteiger partial charge in [0, 0.05) is 31.3 Å². The highest BCUT2D eigenvalue weighted by Crippen LogP contribution is 2.46. The number of ether oxygens (including phenoxy) is 1. The highest BCUT2D eigenvalue weighted by atomic mass is 32.2. The van der Waals surface area contributed by atoms with Gasteiger partial charge < -0.3 is 9.64 Å². The number of sulfonamides is 1. The molecule has 12 heteroatoms. The van der Waals surface area contributed by atoms with E-state index in [0.717, 1.165) is 39.0 Å². The number of halogens is 2. The van der Waals surface area contributed by atoms with Crippen molar-refractivity contribution in [2.75, 3.05) is 13.1 Å². The molecule has 2 heterocycles. The molecule has 33 heavy (non-hydrogen) atoms. The first-order valence-electron chi connectivity index (χ1n) is 10.2. The average Bonchev–Trinajstić information content (AvgIpc) is 3.07. The van der Waals surface area contributed by atoms with E-state index in [1.54, 1.807) is 30.3 Å². The lowest BCUT2D eigenvalue weighted by Crippen LogP contribution is -2.66. The molecule has 2 fully saturated rings. The van der Waals surface area contributed by atoms with Crippen molar-refractivity contribution in [2.24, 2.45) is 0 Å². The van der Waals surface area contributed by atoms with Crippen LogP contribution < -0.4 is 0 Å². The Hall–Kier alpha value is -3.12. The van der Waals surface area contributed by atoms with Crippen molar-refractivity contribution in [1.82, 2.24) is 9.21 Å². The zero-order chi connectivity index (χ0) is 23.8. The Morgan fingerprint density at radius 3 is 2.45 bits per heavy atom. The van der Waals surface area contributed by atoms with Crippen LogP contribution >= 0.6 is 0 Å². The minimum Gasteiger partial charge on any atom is -0.445 e. The Kier molecular flexibility index (Phi) is 6.06. The zero-order valence-corrected chi connectivity index (χ0v) is 18.2. The largest absolute Gasteiger partial charge is 0.445 e. The van der Waals surface area contributed by atoms with Gasteiger partial charge in [-0.25, -0.2) is 22.0 Å². The van der Waals surface area contributed by atoms with E-state index >= 15 is 0 Å². The van der Waals surface area contributed by atoms with E-state index < -0.39 is 45.6 Å². The molecule has 2 aliphatic heterocycles. The summed E-state index contributed by atoms with van der Waals surface area (Å²) in [5.74, 6) is 0. The maximum absolute atomic E-state index is 14.4. The minimum absolute atomic E-state index is 0.0344. The Labute approximate surface area is 188 Å². The fraction of sp³-hybridized carbons (Fsp3) is 0.381. The van der Waals surface area contributed by atoms with Crippen molar-refractivity contribution >= 4 is 21.8 Å². The SMILES string of the molecule is O=C(OCc1ccccc1)N1CC2CCC(C(F)F)(C1)N2S(=O)(=O)c1ccc([N+](=O)[O-])cc1. The van der Waals surface area contributed by atoms with Gasteiger partial charge in [-0.2, -0.15) is 4.31 Å². The van der Waals surface area contributed by atoms with Gasteiger partial charge in [0.05, 0.1) is 9.82 Å². The Bertz CT molecular complexity index is 1150. The molecule has 2 atom stereocenters. The van der Waals surface area contributed by atoms with Gasteiger partial charge >= 0.3 is 6.09 Å². The number of hydrogen-bond donors (Lipinski definition) is 0. The van der Waals surface area contributed by atoms with Gasteiger partial charge in [-0.1, -0.05) is 30.3 Å². The van der Waals surface area contributed by atoms with Crippen LogP contribution in [0.5, 0.6) is 0 Å². The highest BCUT2D eigenvalue weighted by molar-refractivity contribution is 7.89. The van der Waals surface area contributed by atoms with E-state index in [0.29, 0.717) is 0 Å². The second kappa shape index (κ2) is 8.67. The first-order valence-corrected chi connectivity index (χ1v) is 11.6. The molecule has 176 valence electrons. The molecular weight excluding hydrogens is 460 g/mol. The van der Waals surface area contributed by atoms with E-state index in [1.807, 2.05) is 0 Å². The zero-order valence-electron chi connectivity index (χ0n) is 17.3. The third kappa shape index (κ3) is 4.15. The number of alkyl halides is 2. The standard InChI is InChI=1S/C21H21F2N3O6S/c22-19(23)21-11-10-17(12-24(14-21)20(27)32-13-15-4-2-1-3-5-15)25(21)33(30,31)18-8-6-16(7-9-18)26(28)29/h1-9,17,19H,10-14H2. The summed E-state index contributed by atoms with van der Waals surface area (Å²) in [6.45, 7) is -0.636. The molecule has 4 rings (SSSR count). The van der Waals surface area contributed by atoms with Gasteiger partial charge in [-0.3, -0.25) is 10.1 Å². The first-order chi connectivity index (χ1) is 15.6. The van der Waals surface area contributed by atoms with Gasteiger partial charge in [0.25, 0.3) is 12.1 Å². The van der Waals surface area contributed by atoms with Crippen molar-refractivity contribution in [3.05, 3.63) is 70.3 Å². The molecular formula is C21H21F2N3O6S. The number of benzene rings is 2. The van der Waals surface area contributed by atoms with Gasteiger partial charge in [-0.05, 0) is 30.5 Å². The minimum atomic E-state index is -4.40. The van der Waals surface area contributed by atoms with Gasteiger partial charge in [0.1, 0.15) is 12.1 Å². The quantitative estimate of drug-likeness (QED) is 0.462. The summed E-state index contributed by atoms with van der Waals surface area (Å²) in [5.41, 5.74) is -1.68. The van der Waals surface area contributed by atoms with Crippen LogP contribution in [0.15, 0.2) is 59.5 Å². The molecule has 9 nitrogen and oxygen atoms in total. The Morgan fingerprint density at radius 2 is 1.85 bits per heavy atom. The molecule has 1 amide bonds. The fourth-order valence-corrected chi connectivity index (χ4v) is 6.46. The number of nitro groups is 1. The number of nitrogens with zero attached hydrogens (tertiary/aromatic N) is 3. The van der Waals surface area contributed by atoms with Crippen LogP contribution in [0.25, 0.3) is 0 Å². The van der Waals surface area contributed by atoms with Crippen molar-refractivity contribution < 1.29 is 31.7 Å². The molecule has 0 radical (unpaired) electrons. The third-order valence-corrected chi connectivity index (χ3v) is 8.10. The number of nitro benzene ring substituents is 1. The normalized spacial score (nSPS) is 23.0. The summed E-state index contributed by atoms with van der Waals surface area (Å²) in [6.07, 6.45) is -3.81. The number of non-ortho nitro benzene ring substituents is 1. The van der Waals surface area contributed by atoms with Crippen LogP contribution in [0.2, 0.25) is 0 Å². The lowest BCUT2D eigenvalue weighted by Gasteiger charge is -2.46. The molecule has 2 aromatic rings. The van der Waals surface area contributed by atoms with Crippen molar-refractivity contribution in [3.8, 4) is 0 Å². The molecule has 2 aromatic carbocycles. The van der Waals surface area contributed by atoms with E-state index in [4.69, 9.17) is 4.74 Å². The number of carbonyl (C=O) groups is 1. The van der Waals surface area contributed by atoms with Crippen molar-refractivity contribution in [1.29, 1.82) is 0 Å². The van der Waals surface area contributed by atoms with Crippen LogP contribution in [0.4, 0.5) is 19.3 Å². The van der Waals surface area contributed by atoms with Crippen molar-refractivity contribution in [2.45, 2.75) is 42.4 Å². The predicted molar refractivity (Wildman–Crippen MR) is 112 cm³/mol. The molecule has 2 bridgehead atoms. The topological polar surface area (TPSA) is 110 Å². The molecule has 0 aromatic heterocycles. The lowest BCUT2D eigenvalue weighted by molar-refractivity contribution is -0.384. The number of fused-ring (bicyclic) bond motifs is 2. The molecule has 0 spiro atoms. The van der Waals surface area contributed by atoms with Gasteiger partial charge in [-0.15, -0.1) is 0 Å². The van der Waals surface area contributed by atoms with Gasteiger partial charge in [0.2, 0.25) is 10.0 Å². The van der Waals surface area contributed by atoms with Crippen LogP contribution in [0, 0.1) is 10.1 Å². The van der Waals surface area contributed by atoms with E-state index in [-0.39, 0.29) is 36.6 Å². The van der Waals surface area contributed by atoms with E-state index in [2.05, 4.69) is 0 Å². The van der Waals surface area contributed by atoms with Gasteiger partial charge in [0.15, 0.2) is 0 Å². The maximum Gasteiger partial charge on any atom is 0.410 e.